The van der Waals surface area contributed by atoms with E-state index in [0.717, 1.165) is 10.2 Å². The quantitative estimate of drug-likeness (QED) is 0.851. The number of benzene rings is 2. The Hall–Kier alpha value is -1.79. The normalized spacial score (nSPS) is 10.3. The molecule has 0 bridgehead atoms. The Balaban J connectivity index is 2.07. The molecule has 0 radical (unpaired) electrons. The second kappa shape index (κ2) is 6.58. The topological polar surface area (TPSA) is 35.8 Å². The molecule has 2 aromatic carbocycles. The fourth-order valence-electron chi connectivity index (χ4n) is 1.98. The predicted molar refractivity (Wildman–Crippen MR) is 86.7 cm³/mol. The summed E-state index contributed by atoms with van der Waals surface area (Å²) in [6.07, 6.45) is 0. The Morgan fingerprint density at radius 2 is 1.85 bits per heavy atom. The lowest BCUT2D eigenvalue weighted by Gasteiger charge is -2.10. The molecule has 0 aliphatic rings. The van der Waals surface area contributed by atoms with Crippen LogP contribution < -0.4 is 5.32 Å². The van der Waals surface area contributed by atoms with Gasteiger partial charge in [0.1, 0.15) is 6.07 Å². The van der Waals surface area contributed by atoms with Crippen LogP contribution >= 0.6 is 15.9 Å². The number of nitriles is 1. The van der Waals surface area contributed by atoms with E-state index in [1.807, 2.05) is 18.2 Å². The van der Waals surface area contributed by atoms with E-state index < -0.39 is 0 Å². The number of hydrogen-bond donors (Lipinski definition) is 1. The molecule has 0 atom stereocenters. The zero-order chi connectivity index (χ0) is 14.5. The number of nitrogens with zero attached hydrogens (tertiary/aromatic N) is 1. The molecule has 0 aliphatic carbocycles. The van der Waals surface area contributed by atoms with Crippen LogP contribution in [-0.2, 0) is 6.54 Å². The van der Waals surface area contributed by atoms with Gasteiger partial charge < -0.3 is 5.32 Å². The fourth-order valence-corrected chi connectivity index (χ4v) is 2.34. The summed E-state index contributed by atoms with van der Waals surface area (Å²) in [6.45, 7) is 5.09. The standard InChI is InChI=1S/C17H17BrN2/c1-12(2)14-5-3-13(4-6-14)11-20-17-8-7-16(18)9-15(17)10-19/h3-9,12,20H,11H2,1-2H3. The summed E-state index contributed by atoms with van der Waals surface area (Å²) in [5, 5.41) is 12.4. The van der Waals surface area contributed by atoms with Gasteiger partial charge in [-0.15, -0.1) is 0 Å². The van der Waals surface area contributed by atoms with Crippen LogP contribution in [0.15, 0.2) is 46.9 Å². The summed E-state index contributed by atoms with van der Waals surface area (Å²) in [5.41, 5.74) is 4.07. The first-order chi connectivity index (χ1) is 9.60. The first-order valence-corrected chi connectivity index (χ1v) is 7.42. The minimum Gasteiger partial charge on any atom is -0.380 e. The first kappa shape index (κ1) is 14.6. The third-order valence-electron chi connectivity index (χ3n) is 3.23. The molecule has 0 aromatic heterocycles. The Morgan fingerprint density at radius 3 is 2.45 bits per heavy atom. The van der Waals surface area contributed by atoms with E-state index in [1.54, 1.807) is 0 Å². The van der Waals surface area contributed by atoms with Gasteiger partial charge in [-0.05, 0) is 35.2 Å². The molecule has 0 aliphatic heterocycles. The lowest BCUT2D eigenvalue weighted by molar-refractivity contribution is 0.865. The van der Waals surface area contributed by atoms with Gasteiger partial charge in [-0.25, -0.2) is 0 Å². The maximum atomic E-state index is 9.13. The molecular formula is C17H17BrN2. The Morgan fingerprint density at radius 1 is 1.15 bits per heavy atom. The van der Waals surface area contributed by atoms with Crippen molar-refractivity contribution in [2.24, 2.45) is 0 Å². The molecule has 0 saturated heterocycles. The summed E-state index contributed by atoms with van der Waals surface area (Å²) in [7, 11) is 0. The molecular weight excluding hydrogens is 312 g/mol. The minimum absolute atomic E-state index is 0.550. The van der Waals surface area contributed by atoms with Gasteiger partial charge in [-0.1, -0.05) is 54.0 Å². The summed E-state index contributed by atoms with van der Waals surface area (Å²) < 4.78 is 0.917. The van der Waals surface area contributed by atoms with Crippen molar-refractivity contribution in [2.45, 2.75) is 26.3 Å². The highest BCUT2D eigenvalue weighted by Crippen LogP contribution is 2.21. The van der Waals surface area contributed by atoms with Crippen LogP contribution in [0.1, 0.15) is 36.5 Å². The summed E-state index contributed by atoms with van der Waals surface area (Å²) in [6, 6.07) is 16.5. The second-order valence-electron chi connectivity index (χ2n) is 5.05. The van der Waals surface area contributed by atoms with Crippen LogP contribution in [0.5, 0.6) is 0 Å². The number of rotatable bonds is 4. The molecule has 0 saturated carbocycles. The van der Waals surface area contributed by atoms with E-state index in [0.29, 0.717) is 18.0 Å². The number of nitrogens with one attached hydrogen (secondary N) is 1. The minimum atomic E-state index is 0.550. The van der Waals surface area contributed by atoms with Crippen molar-refractivity contribution < 1.29 is 0 Å². The summed E-state index contributed by atoms with van der Waals surface area (Å²) in [5.74, 6) is 0.550. The van der Waals surface area contributed by atoms with E-state index >= 15 is 0 Å². The van der Waals surface area contributed by atoms with E-state index in [-0.39, 0.29) is 0 Å². The van der Waals surface area contributed by atoms with Crippen LogP contribution in [0.3, 0.4) is 0 Å². The van der Waals surface area contributed by atoms with Gasteiger partial charge in [-0.3, -0.25) is 0 Å². The van der Waals surface area contributed by atoms with E-state index in [1.165, 1.54) is 11.1 Å². The molecule has 0 heterocycles. The van der Waals surface area contributed by atoms with Crippen molar-refractivity contribution in [3.8, 4) is 6.07 Å². The third-order valence-corrected chi connectivity index (χ3v) is 3.72. The smallest absolute Gasteiger partial charge is 0.101 e. The van der Waals surface area contributed by atoms with Crippen LogP contribution in [-0.4, -0.2) is 0 Å². The van der Waals surface area contributed by atoms with Gasteiger partial charge >= 0.3 is 0 Å². The van der Waals surface area contributed by atoms with Crippen molar-refractivity contribution >= 4 is 21.6 Å². The Kier molecular flexibility index (Phi) is 4.81. The largest absolute Gasteiger partial charge is 0.380 e. The molecule has 2 nitrogen and oxygen atoms in total. The number of anilines is 1. The zero-order valence-corrected chi connectivity index (χ0v) is 13.2. The maximum absolute atomic E-state index is 9.13. The molecule has 20 heavy (non-hydrogen) atoms. The Labute approximate surface area is 128 Å². The fraction of sp³-hybridized carbons (Fsp3) is 0.235. The monoisotopic (exact) mass is 328 g/mol. The molecule has 0 fully saturated rings. The van der Waals surface area contributed by atoms with Crippen LogP contribution in [0, 0.1) is 11.3 Å². The number of halogens is 1. The van der Waals surface area contributed by atoms with Gasteiger partial charge in [-0.2, -0.15) is 5.26 Å². The molecule has 1 N–H and O–H groups in total. The summed E-state index contributed by atoms with van der Waals surface area (Å²) >= 11 is 3.38. The van der Waals surface area contributed by atoms with E-state index in [9.17, 15) is 0 Å². The van der Waals surface area contributed by atoms with Gasteiger partial charge in [0.25, 0.3) is 0 Å². The van der Waals surface area contributed by atoms with Crippen LogP contribution in [0.2, 0.25) is 0 Å². The molecule has 102 valence electrons. The summed E-state index contributed by atoms with van der Waals surface area (Å²) in [4.78, 5) is 0. The zero-order valence-electron chi connectivity index (χ0n) is 11.7. The molecule has 0 amide bonds. The highest BCUT2D eigenvalue weighted by Gasteiger charge is 2.03. The van der Waals surface area contributed by atoms with Crippen molar-refractivity contribution in [1.29, 1.82) is 5.26 Å². The van der Waals surface area contributed by atoms with Crippen molar-refractivity contribution in [1.82, 2.24) is 0 Å². The van der Waals surface area contributed by atoms with Crippen LogP contribution in [0.25, 0.3) is 0 Å². The third kappa shape index (κ3) is 3.61. The van der Waals surface area contributed by atoms with Gasteiger partial charge in [0.15, 0.2) is 0 Å². The van der Waals surface area contributed by atoms with E-state index in [2.05, 4.69) is 65.4 Å². The van der Waals surface area contributed by atoms with Crippen LogP contribution in [0.4, 0.5) is 5.69 Å². The highest BCUT2D eigenvalue weighted by molar-refractivity contribution is 9.10. The van der Waals surface area contributed by atoms with Crippen molar-refractivity contribution in [2.75, 3.05) is 5.32 Å². The second-order valence-corrected chi connectivity index (χ2v) is 5.97. The Bertz CT molecular complexity index is 624. The van der Waals surface area contributed by atoms with Crippen molar-refractivity contribution in [3.63, 3.8) is 0 Å². The molecule has 2 rings (SSSR count). The molecule has 2 aromatic rings. The average molecular weight is 329 g/mol. The average Bonchev–Trinajstić information content (AvgIpc) is 2.46. The molecule has 0 spiro atoms. The predicted octanol–water partition coefficient (Wildman–Crippen LogP) is 5.06. The lowest BCUT2D eigenvalue weighted by Crippen LogP contribution is -2.01. The SMILES string of the molecule is CC(C)c1ccc(CNc2ccc(Br)cc2C#N)cc1. The lowest BCUT2D eigenvalue weighted by atomic mass is 10.0. The molecule has 3 heteroatoms. The molecule has 0 unspecified atom stereocenters. The van der Waals surface area contributed by atoms with Gasteiger partial charge in [0, 0.05) is 11.0 Å². The van der Waals surface area contributed by atoms with Gasteiger partial charge in [0.05, 0.1) is 11.3 Å². The first-order valence-electron chi connectivity index (χ1n) is 6.62. The highest BCUT2D eigenvalue weighted by atomic mass is 79.9. The van der Waals surface area contributed by atoms with Gasteiger partial charge in [0.2, 0.25) is 0 Å². The number of hydrogen-bond acceptors (Lipinski definition) is 2. The van der Waals surface area contributed by atoms with Crippen molar-refractivity contribution in [3.05, 3.63) is 63.6 Å². The maximum Gasteiger partial charge on any atom is 0.101 e. The van der Waals surface area contributed by atoms with E-state index in [4.69, 9.17) is 5.26 Å².